The molecule has 1 unspecified atom stereocenters. The van der Waals surface area contributed by atoms with Crippen molar-refractivity contribution in [2.24, 2.45) is 5.92 Å². The van der Waals surface area contributed by atoms with E-state index >= 15 is 0 Å². The van der Waals surface area contributed by atoms with Gasteiger partial charge >= 0.3 is 0 Å². The molecule has 23 heavy (non-hydrogen) atoms. The van der Waals surface area contributed by atoms with Gasteiger partial charge in [0.15, 0.2) is 0 Å². The molecule has 0 aromatic carbocycles. The molecule has 1 aliphatic carbocycles. The number of nitrogens with zero attached hydrogens (tertiary/aromatic N) is 3. The van der Waals surface area contributed by atoms with Crippen LogP contribution < -0.4 is 0 Å². The van der Waals surface area contributed by atoms with Gasteiger partial charge in [0.2, 0.25) is 5.91 Å². The molecule has 132 valence electrons. The number of rotatable bonds is 6. The lowest BCUT2D eigenvalue weighted by atomic mass is 10.0. The highest BCUT2D eigenvalue weighted by Crippen LogP contribution is 2.32. The summed E-state index contributed by atoms with van der Waals surface area (Å²) >= 11 is 0. The minimum absolute atomic E-state index is 0.328. The number of hydrogen-bond donors (Lipinski definition) is 0. The van der Waals surface area contributed by atoms with Gasteiger partial charge in [-0.05, 0) is 46.1 Å². The Morgan fingerprint density at radius 2 is 1.91 bits per heavy atom. The van der Waals surface area contributed by atoms with E-state index in [0.717, 1.165) is 58.8 Å². The quantitative estimate of drug-likeness (QED) is 0.741. The maximum atomic E-state index is 12.8. The molecule has 5 heteroatoms. The van der Waals surface area contributed by atoms with Crippen molar-refractivity contribution in [2.75, 3.05) is 52.5 Å². The molecule has 2 heterocycles. The van der Waals surface area contributed by atoms with E-state index in [0.29, 0.717) is 23.9 Å². The van der Waals surface area contributed by atoms with Crippen LogP contribution in [0, 0.1) is 5.92 Å². The molecule has 1 amide bonds. The molecule has 3 fully saturated rings. The molecule has 0 spiro atoms. The summed E-state index contributed by atoms with van der Waals surface area (Å²) < 4.78 is 5.43. The van der Waals surface area contributed by atoms with Crippen molar-refractivity contribution in [2.45, 2.75) is 51.6 Å². The average Bonchev–Trinajstić information content (AvgIpc) is 3.41. The summed E-state index contributed by atoms with van der Waals surface area (Å²) in [5.74, 6) is 0.753. The predicted molar refractivity (Wildman–Crippen MR) is 91.4 cm³/mol. The first-order chi connectivity index (χ1) is 11.1. The Labute approximate surface area is 140 Å². The summed E-state index contributed by atoms with van der Waals surface area (Å²) in [6.45, 7) is 12.4. The highest BCUT2D eigenvalue weighted by molar-refractivity contribution is 5.81. The lowest BCUT2D eigenvalue weighted by molar-refractivity contribution is -0.136. The Balaban J connectivity index is 1.59. The third-order valence-corrected chi connectivity index (χ3v) is 5.57. The fourth-order valence-electron chi connectivity index (χ4n) is 3.82. The van der Waals surface area contributed by atoms with Crippen molar-refractivity contribution < 1.29 is 9.53 Å². The second kappa shape index (κ2) is 7.95. The molecule has 0 N–H and O–H groups in total. The van der Waals surface area contributed by atoms with E-state index in [-0.39, 0.29) is 0 Å². The van der Waals surface area contributed by atoms with Crippen LogP contribution in [0.3, 0.4) is 0 Å². The number of morpholine rings is 1. The summed E-state index contributed by atoms with van der Waals surface area (Å²) in [5.41, 5.74) is 0. The van der Waals surface area contributed by atoms with Gasteiger partial charge in [-0.2, -0.15) is 0 Å². The highest BCUT2D eigenvalue weighted by atomic mass is 16.5. The molecular weight excluding hydrogens is 290 g/mol. The van der Waals surface area contributed by atoms with Gasteiger partial charge in [0.1, 0.15) is 0 Å². The SMILES string of the molecule is CC(C)N1CCCC(N(CCN2CCOCC2)C(=O)C2CC2)C1. The van der Waals surface area contributed by atoms with Crippen LogP contribution >= 0.6 is 0 Å². The topological polar surface area (TPSA) is 36.0 Å². The normalized spacial score (nSPS) is 27.3. The second-order valence-electron chi connectivity index (χ2n) is 7.64. The molecule has 0 aromatic heterocycles. The Kier molecular flexibility index (Phi) is 5.94. The molecule has 2 aliphatic heterocycles. The molecule has 3 aliphatic rings. The van der Waals surface area contributed by atoms with Crippen LogP contribution in [0.25, 0.3) is 0 Å². The Bertz CT molecular complexity index is 392. The summed E-state index contributed by atoms with van der Waals surface area (Å²) in [5, 5.41) is 0. The van der Waals surface area contributed by atoms with Gasteiger partial charge in [-0.25, -0.2) is 0 Å². The molecule has 0 bridgehead atoms. The van der Waals surface area contributed by atoms with Crippen LogP contribution in [0.1, 0.15) is 39.5 Å². The zero-order valence-electron chi connectivity index (χ0n) is 14.9. The van der Waals surface area contributed by atoms with Gasteiger partial charge in [-0.15, -0.1) is 0 Å². The Morgan fingerprint density at radius 3 is 2.57 bits per heavy atom. The van der Waals surface area contributed by atoms with Gasteiger partial charge in [-0.1, -0.05) is 0 Å². The lowest BCUT2D eigenvalue weighted by Gasteiger charge is -2.42. The number of hydrogen-bond acceptors (Lipinski definition) is 4. The minimum atomic E-state index is 0.328. The van der Waals surface area contributed by atoms with E-state index in [1.807, 2.05) is 0 Å². The molecule has 0 aromatic rings. The largest absolute Gasteiger partial charge is 0.379 e. The van der Waals surface area contributed by atoms with Crippen molar-refractivity contribution in [3.8, 4) is 0 Å². The van der Waals surface area contributed by atoms with Gasteiger partial charge in [0, 0.05) is 50.7 Å². The minimum Gasteiger partial charge on any atom is -0.379 e. The predicted octanol–water partition coefficient (Wildman–Crippen LogP) is 1.43. The number of piperidine rings is 1. The van der Waals surface area contributed by atoms with Gasteiger partial charge in [-0.3, -0.25) is 14.6 Å². The lowest BCUT2D eigenvalue weighted by Crippen LogP contribution is -2.54. The van der Waals surface area contributed by atoms with Crippen LogP contribution in [-0.4, -0.2) is 85.2 Å². The van der Waals surface area contributed by atoms with E-state index in [9.17, 15) is 4.79 Å². The van der Waals surface area contributed by atoms with E-state index in [1.165, 1.54) is 19.4 Å². The summed E-state index contributed by atoms with van der Waals surface area (Å²) in [7, 11) is 0. The maximum Gasteiger partial charge on any atom is 0.226 e. The molecule has 1 atom stereocenters. The van der Waals surface area contributed by atoms with Crippen LogP contribution in [-0.2, 0) is 9.53 Å². The number of carbonyl (C=O) groups excluding carboxylic acids is 1. The Morgan fingerprint density at radius 1 is 1.17 bits per heavy atom. The summed E-state index contributed by atoms with van der Waals surface area (Å²) in [4.78, 5) is 20.0. The van der Waals surface area contributed by atoms with Crippen molar-refractivity contribution in [3.05, 3.63) is 0 Å². The molecule has 3 rings (SSSR count). The maximum absolute atomic E-state index is 12.8. The molecule has 5 nitrogen and oxygen atoms in total. The summed E-state index contributed by atoms with van der Waals surface area (Å²) in [6, 6.07) is 0.996. The Hall–Kier alpha value is -0.650. The van der Waals surface area contributed by atoms with E-state index < -0.39 is 0 Å². The smallest absolute Gasteiger partial charge is 0.226 e. The fourth-order valence-corrected chi connectivity index (χ4v) is 3.82. The van der Waals surface area contributed by atoms with Crippen LogP contribution in [0.5, 0.6) is 0 Å². The molecule has 1 saturated carbocycles. The van der Waals surface area contributed by atoms with Gasteiger partial charge in [0.05, 0.1) is 13.2 Å². The van der Waals surface area contributed by atoms with Crippen molar-refractivity contribution >= 4 is 5.91 Å². The standard InChI is InChI=1S/C18H33N3O2/c1-15(2)20-7-3-4-17(14-20)21(18(22)16-5-6-16)9-8-19-10-12-23-13-11-19/h15-17H,3-14H2,1-2H3. The second-order valence-corrected chi connectivity index (χ2v) is 7.64. The van der Waals surface area contributed by atoms with Crippen molar-refractivity contribution in [1.29, 1.82) is 0 Å². The van der Waals surface area contributed by atoms with Gasteiger partial charge < -0.3 is 9.64 Å². The van der Waals surface area contributed by atoms with E-state index in [4.69, 9.17) is 4.74 Å². The number of carbonyl (C=O) groups is 1. The third kappa shape index (κ3) is 4.68. The first-order valence-electron chi connectivity index (χ1n) is 9.50. The first kappa shape index (κ1) is 17.2. The number of amides is 1. The highest BCUT2D eigenvalue weighted by Gasteiger charge is 2.37. The number of ether oxygens (including phenoxy) is 1. The fraction of sp³-hybridized carbons (Fsp3) is 0.944. The van der Waals surface area contributed by atoms with Crippen molar-refractivity contribution in [1.82, 2.24) is 14.7 Å². The molecule has 0 radical (unpaired) electrons. The zero-order chi connectivity index (χ0) is 16.2. The van der Waals surface area contributed by atoms with Crippen LogP contribution in [0.15, 0.2) is 0 Å². The molecular formula is C18H33N3O2. The average molecular weight is 323 g/mol. The first-order valence-corrected chi connectivity index (χ1v) is 9.50. The van der Waals surface area contributed by atoms with Crippen molar-refractivity contribution in [3.63, 3.8) is 0 Å². The van der Waals surface area contributed by atoms with E-state index in [2.05, 4.69) is 28.5 Å². The van der Waals surface area contributed by atoms with E-state index in [1.54, 1.807) is 0 Å². The third-order valence-electron chi connectivity index (χ3n) is 5.57. The monoisotopic (exact) mass is 323 g/mol. The summed E-state index contributed by atoms with van der Waals surface area (Å²) in [6.07, 6.45) is 4.60. The van der Waals surface area contributed by atoms with Gasteiger partial charge in [0.25, 0.3) is 0 Å². The molecule has 2 saturated heterocycles. The number of likely N-dealkylation sites (tertiary alicyclic amines) is 1. The van der Waals surface area contributed by atoms with Crippen LogP contribution in [0.2, 0.25) is 0 Å². The van der Waals surface area contributed by atoms with Crippen LogP contribution in [0.4, 0.5) is 0 Å². The zero-order valence-corrected chi connectivity index (χ0v) is 14.9.